The maximum atomic E-state index is 8.38. The first-order chi connectivity index (χ1) is 4.43. The Bertz CT molecular complexity index is 63.2. The Morgan fingerprint density at radius 3 is 2.67 bits per heavy atom. The van der Waals surface area contributed by atoms with Crippen molar-refractivity contribution in [1.29, 1.82) is 0 Å². The van der Waals surface area contributed by atoms with Crippen molar-refractivity contribution in [1.82, 2.24) is 5.32 Å². The van der Waals surface area contributed by atoms with Gasteiger partial charge in [0.1, 0.15) is 13.0 Å². The Morgan fingerprint density at radius 2 is 2.44 bits per heavy atom. The highest BCUT2D eigenvalue weighted by Gasteiger charge is 2.10. The van der Waals surface area contributed by atoms with Gasteiger partial charge < -0.3 is 14.6 Å². The van der Waals surface area contributed by atoms with Crippen LogP contribution in [0.25, 0.3) is 0 Å². The number of nitrogens with one attached hydrogen (secondary N) is 1. The second kappa shape index (κ2) is 5.68. The first-order valence-corrected chi connectivity index (χ1v) is 2.68. The van der Waals surface area contributed by atoms with Gasteiger partial charge in [0.15, 0.2) is 0 Å². The van der Waals surface area contributed by atoms with Gasteiger partial charge in [-0.2, -0.15) is 0 Å². The number of hydrogen-bond acceptors (Lipinski definition) is 4. The lowest BCUT2D eigenvalue weighted by Gasteiger charge is -2.01. The van der Waals surface area contributed by atoms with Gasteiger partial charge in [-0.3, -0.25) is 5.32 Å². The molecule has 1 aliphatic heterocycles. The quantitative estimate of drug-likeness (QED) is 0.468. The zero-order valence-corrected chi connectivity index (χ0v) is 5.17. The summed E-state index contributed by atoms with van der Waals surface area (Å²) in [5.74, 6) is 0. The SMILES string of the molecule is C=O.OCC1NCCO1. The monoisotopic (exact) mass is 133 g/mol. The minimum Gasteiger partial charge on any atom is -0.392 e. The van der Waals surface area contributed by atoms with Crippen molar-refractivity contribution in [3.8, 4) is 0 Å². The molecule has 0 aliphatic carbocycles. The van der Waals surface area contributed by atoms with E-state index in [0.717, 1.165) is 13.2 Å². The Morgan fingerprint density at radius 1 is 1.78 bits per heavy atom. The molecule has 0 bridgehead atoms. The van der Waals surface area contributed by atoms with Crippen molar-refractivity contribution in [3.05, 3.63) is 0 Å². The van der Waals surface area contributed by atoms with Crippen molar-refractivity contribution in [2.75, 3.05) is 19.8 Å². The van der Waals surface area contributed by atoms with E-state index in [4.69, 9.17) is 14.6 Å². The lowest BCUT2D eigenvalue weighted by Crippen LogP contribution is -2.25. The molecule has 4 heteroatoms. The van der Waals surface area contributed by atoms with Crippen LogP contribution in [0.3, 0.4) is 0 Å². The number of rotatable bonds is 1. The minimum atomic E-state index is -0.0972. The highest BCUT2D eigenvalue weighted by atomic mass is 16.5. The summed E-state index contributed by atoms with van der Waals surface area (Å²) in [4.78, 5) is 8.00. The van der Waals surface area contributed by atoms with Gasteiger partial charge in [0.05, 0.1) is 13.2 Å². The van der Waals surface area contributed by atoms with E-state index in [1.807, 2.05) is 6.79 Å². The number of hydrogen-bond donors (Lipinski definition) is 2. The molecule has 0 saturated carbocycles. The van der Waals surface area contributed by atoms with Gasteiger partial charge in [0.25, 0.3) is 0 Å². The number of aliphatic hydroxyl groups is 1. The van der Waals surface area contributed by atoms with Crippen molar-refractivity contribution >= 4 is 6.79 Å². The predicted octanol–water partition coefficient (Wildman–Crippen LogP) is -1.26. The molecular weight excluding hydrogens is 122 g/mol. The molecule has 1 unspecified atom stereocenters. The molecule has 0 amide bonds. The van der Waals surface area contributed by atoms with Crippen LogP contribution in [0.15, 0.2) is 0 Å². The van der Waals surface area contributed by atoms with E-state index in [-0.39, 0.29) is 12.8 Å². The van der Waals surface area contributed by atoms with Gasteiger partial charge in [-0.05, 0) is 0 Å². The van der Waals surface area contributed by atoms with E-state index in [9.17, 15) is 0 Å². The largest absolute Gasteiger partial charge is 0.392 e. The van der Waals surface area contributed by atoms with Gasteiger partial charge in [-0.1, -0.05) is 0 Å². The molecule has 0 aromatic carbocycles. The molecule has 0 aromatic heterocycles. The van der Waals surface area contributed by atoms with Crippen LogP contribution in [0.5, 0.6) is 0 Å². The van der Waals surface area contributed by atoms with Gasteiger partial charge in [0, 0.05) is 6.54 Å². The van der Waals surface area contributed by atoms with Crippen LogP contribution in [0.2, 0.25) is 0 Å². The predicted molar refractivity (Wildman–Crippen MR) is 31.9 cm³/mol. The molecule has 0 radical (unpaired) electrons. The first-order valence-electron chi connectivity index (χ1n) is 2.68. The van der Waals surface area contributed by atoms with Crippen molar-refractivity contribution in [3.63, 3.8) is 0 Å². The fraction of sp³-hybridized carbons (Fsp3) is 0.800. The van der Waals surface area contributed by atoms with Crippen LogP contribution >= 0.6 is 0 Å². The Balaban J connectivity index is 0.000000291. The van der Waals surface area contributed by atoms with Crippen molar-refractivity contribution in [2.24, 2.45) is 0 Å². The summed E-state index contributed by atoms with van der Waals surface area (Å²) in [6.45, 7) is 3.68. The third-order valence-corrected chi connectivity index (χ3v) is 0.959. The fourth-order valence-corrected chi connectivity index (χ4v) is 0.597. The van der Waals surface area contributed by atoms with E-state index in [2.05, 4.69) is 5.32 Å². The summed E-state index contributed by atoms with van der Waals surface area (Å²) in [5, 5.41) is 11.3. The second-order valence-corrected chi connectivity index (χ2v) is 1.50. The molecule has 1 heterocycles. The van der Waals surface area contributed by atoms with Crippen LogP contribution in [-0.4, -0.2) is 37.9 Å². The molecule has 0 spiro atoms. The lowest BCUT2D eigenvalue weighted by atomic mass is 10.6. The van der Waals surface area contributed by atoms with Crippen LogP contribution in [0.1, 0.15) is 0 Å². The summed E-state index contributed by atoms with van der Waals surface area (Å²) in [6.07, 6.45) is -0.0972. The number of ether oxygens (including phenoxy) is 1. The van der Waals surface area contributed by atoms with Gasteiger partial charge in [-0.15, -0.1) is 0 Å². The summed E-state index contributed by atoms with van der Waals surface area (Å²) in [5.41, 5.74) is 0. The summed E-state index contributed by atoms with van der Waals surface area (Å²) >= 11 is 0. The normalized spacial score (nSPS) is 24.8. The molecule has 54 valence electrons. The second-order valence-electron chi connectivity index (χ2n) is 1.50. The van der Waals surface area contributed by atoms with E-state index in [0.29, 0.717) is 0 Å². The molecule has 1 fully saturated rings. The minimum absolute atomic E-state index is 0.0833. The zero-order chi connectivity index (χ0) is 7.11. The molecule has 9 heavy (non-hydrogen) atoms. The van der Waals surface area contributed by atoms with E-state index in [1.165, 1.54) is 0 Å². The third kappa shape index (κ3) is 3.18. The Labute approximate surface area is 53.8 Å². The standard InChI is InChI=1S/C4H9NO2.CH2O/c6-3-4-5-1-2-7-4;1-2/h4-6H,1-3H2;1H2. The Kier molecular flexibility index (Phi) is 5.40. The maximum Gasteiger partial charge on any atom is 0.131 e. The van der Waals surface area contributed by atoms with Gasteiger partial charge in [0.2, 0.25) is 0 Å². The summed E-state index contributed by atoms with van der Waals surface area (Å²) in [6, 6.07) is 0. The maximum absolute atomic E-state index is 8.38. The molecule has 1 saturated heterocycles. The van der Waals surface area contributed by atoms with E-state index >= 15 is 0 Å². The van der Waals surface area contributed by atoms with E-state index < -0.39 is 0 Å². The van der Waals surface area contributed by atoms with Crippen molar-refractivity contribution in [2.45, 2.75) is 6.23 Å². The zero-order valence-electron chi connectivity index (χ0n) is 5.17. The molecular formula is C5H11NO3. The number of carbonyl (C=O) groups excluding carboxylic acids is 1. The summed E-state index contributed by atoms with van der Waals surface area (Å²) in [7, 11) is 0. The van der Waals surface area contributed by atoms with Crippen LogP contribution < -0.4 is 5.32 Å². The topological polar surface area (TPSA) is 58.6 Å². The Hall–Kier alpha value is -0.450. The van der Waals surface area contributed by atoms with E-state index in [1.54, 1.807) is 0 Å². The first kappa shape index (κ1) is 8.55. The molecule has 1 aliphatic rings. The molecule has 2 N–H and O–H groups in total. The third-order valence-electron chi connectivity index (χ3n) is 0.959. The molecule has 1 atom stereocenters. The van der Waals surface area contributed by atoms with Crippen LogP contribution in [0.4, 0.5) is 0 Å². The van der Waals surface area contributed by atoms with Crippen molar-refractivity contribution < 1.29 is 14.6 Å². The van der Waals surface area contributed by atoms with Crippen LogP contribution in [0, 0.1) is 0 Å². The average Bonchev–Trinajstić information content (AvgIpc) is 2.43. The smallest absolute Gasteiger partial charge is 0.131 e. The van der Waals surface area contributed by atoms with Gasteiger partial charge in [-0.25, -0.2) is 0 Å². The fourth-order valence-electron chi connectivity index (χ4n) is 0.597. The number of aliphatic hydroxyl groups excluding tert-OH is 1. The van der Waals surface area contributed by atoms with Crippen LogP contribution in [-0.2, 0) is 9.53 Å². The highest BCUT2D eigenvalue weighted by Crippen LogP contribution is 1.90. The van der Waals surface area contributed by atoms with Gasteiger partial charge >= 0.3 is 0 Å². The highest BCUT2D eigenvalue weighted by molar-refractivity contribution is 5.10. The molecule has 0 aromatic rings. The lowest BCUT2D eigenvalue weighted by molar-refractivity contribution is -0.0979. The molecule has 4 nitrogen and oxygen atoms in total. The summed E-state index contributed by atoms with van der Waals surface area (Å²) < 4.78 is 4.94. The molecule has 1 rings (SSSR count). The average molecular weight is 133 g/mol. The number of carbonyl (C=O) groups is 1.